The Morgan fingerprint density at radius 2 is 2.13 bits per heavy atom. The standard InChI is InChI=1S/C9H9ClN2O2S/c10-5-2-1-3-6(8(5)9(12)15)14-4-7(11)13/h1-3H,4H2,(H2,11,13)(H2,12,15). The minimum atomic E-state index is -0.580. The van der Waals surface area contributed by atoms with Gasteiger partial charge in [0, 0.05) is 0 Å². The normalized spacial score (nSPS) is 9.67. The van der Waals surface area contributed by atoms with Crippen molar-refractivity contribution in [1.82, 2.24) is 0 Å². The molecule has 1 rings (SSSR count). The lowest BCUT2D eigenvalue weighted by molar-refractivity contribution is -0.119. The van der Waals surface area contributed by atoms with Gasteiger partial charge in [0.2, 0.25) is 0 Å². The molecule has 0 aromatic heterocycles. The monoisotopic (exact) mass is 244 g/mol. The van der Waals surface area contributed by atoms with Crippen LogP contribution in [0.1, 0.15) is 5.56 Å². The van der Waals surface area contributed by atoms with Gasteiger partial charge in [0.1, 0.15) is 10.7 Å². The lowest BCUT2D eigenvalue weighted by atomic mass is 10.2. The first kappa shape index (κ1) is 11.7. The fourth-order valence-corrected chi connectivity index (χ4v) is 1.55. The zero-order chi connectivity index (χ0) is 11.4. The molecule has 0 heterocycles. The second kappa shape index (κ2) is 4.95. The van der Waals surface area contributed by atoms with Crippen LogP contribution in [-0.4, -0.2) is 17.5 Å². The van der Waals surface area contributed by atoms with Gasteiger partial charge in [-0.05, 0) is 12.1 Å². The molecule has 0 aliphatic carbocycles. The molecule has 0 aliphatic heterocycles. The number of hydrogen-bond acceptors (Lipinski definition) is 3. The number of amides is 1. The summed E-state index contributed by atoms with van der Waals surface area (Å²) in [5, 5.41) is 0.379. The molecule has 4 nitrogen and oxygen atoms in total. The summed E-state index contributed by atoms with van der Waals surface area (Å²) in [5.74, 6) is -0.224. The van der Waals surface area contributed by atoms with Gasteiger partial charge in [-0.1, -0.05) is 29.9 Å². The molecule has 0 atom stereocenters. The van der Waals surface area contributed by atoms with Crippen molar-refractivity contribution < 1.29 is 9.53 Å². The SMILES string of the molecule is NC(=O)COc1cccc(Cl)c1C(N)=S. The summed E-state index contributed by atoms with van der Waals surface area (Å²) >= 11 is 10.7. The molecule has 0 radical (unpaired) electrons. The van der Waals surface area contributed by atoms with Crippen molar-refractivity contribution in [2.75, 3.05) is 6.61 Å². The molecule has 0 saturated heterocycles. The second-order valence-electron chi connectivity index (χ2n) is 2.73. The first-order valence-electron chi connectivity index (χ1n) is 4.01. The van der Waals surface area contributed by atoms with Gasteiger partial charge in [0.15, 0.2) is 6.61 Å². The molecule has 0 bridgehead atoms. The topological polar surface area (TPSA) is 78.3 Å². The van der Waals surface area contributed by atoms with E-state index >= 15 is 0 Å². The van der Waals surface area contributed by atoms with Crippen LogP contribution in [0.25, 0.3) is 0 Å². The van der Waals surface area contributed by atoms with Crippen LogP contribution in [0.4, 0.5) is 0 Å². The largest absolute Gasteiger partial charge is 0.483 e. The Morgan fingerprint density at radius 3 is 2.67 bits per heavy atom. The Labute approximate surface area is 97.1 Å². The van der Waals surface area contributed by atoms with Crippen molar-refractivity contribution >= 4 is 34.7 Å². The number of carbonyl (C=O) groups excluding carboxylic acids is 1. The molecule has 1 amide bonds. The first-order chi connectivity index (χ1) is 7.02. The number of carbonyl (C=O) groups is 1. The predicted molar refractivity (Wildman–Crippen MR) is 62.0 cm³/mol. The van der Waals surface area contributed by atoms with Crippen molar-refractivity contribution in [1.29, 1.82) is 0 Å². The number of rotatable bonds is 4. The molecule has 15 heavy (non-hydrogen) atoms. The number of hydrogen-bond donors (Lipinski definition) is 2. The van der Waals surface area contributed by atoms with Crippen molar-refractivity contribution in [3.8, 4) is 5.75 Å². The maximum absolute atomic E-state index is 10.5. The van der Waals surface area contributed by atoms with Crippen molar-refractivity contribution in [3.63, 3.8) is 0 Å². The maximum Gasteiger partial charge on any atom is 0.255 e. The van der Waals surface area contributed by atoms with E-state index in [4.69, 9.17) is 40.0 Å². The lowest BCUT2D eigenvalue weighted by Gasteiger charge is -2.10. The zero-order valence-corrected chi connectivity index (χ0v) is 9.27. The Morgan fingerprint density at radius 1 is 1.47 bits per heavy atom. The highest BCUT2D eigenvalue weighted by Gasteiger charge is 2.11. The summed E-state index contributed by atoms with van der Waals surface area (Å²) in [4.78, 5) is 10.7. The van der Waals surface area contributed by atoms with E-state index in [1.165, 1.54) is 0 Å². The molecule has 0 saturated carbocycles. The van der Waals surface area contributed by atoms with E-state index in [9.17, 15) is 4.79 Å². The van der Waals surface area contributed by atoms with Crippen LogP contribution in [0.15, 0.2) is 18.2 Å². The Bertz CT molecular complexity index is 409. The highest BCUT2D eigenvalue weighted by molar-refractivity contribution is 7.80. The molecule has 0 fully saturated rings. The Balaban J connectivity index is 3.01. The molecular weight excluding hydrogens is 236 g/mol. The van der Waals surface area contributed by atoms with Gasteiger partial charge in [-0.25, -0.2) is 0 Å². The van der Waals surface area contributed by atoms with Crippen molar-refractivity contribution in [2.45, 2.75) is 0 Å². The Kier molecular flexibility index (Phi) is 3.88. The molecule has 1 aromatic rings. The summed E-state index contributed by atoms with van der Waals surface area (Å²) in [6.45, 7) is -0.240. The Hall–Kier alpha value is -1.33. The number of primary amides is 1. The third-order valence-corrected chi connectivity index (χ3v) is 2.11. The van der Waals surface area contributed by atoms with E-state index in [0.717, 1.165) is 0 Å². The highest BCUT2D eigenvalue weighted by atomic mass is 35.5. The lowest BCUT2D eigenvalue weighted by Crippen LogP contribution is -2.21. The summed E-state index contributed by atoms with van der Waals surface area (Å²) in [6, 6.07) is 4.91. The number of thiocarbonyl (C=S) groups is 1. The van der Waals surface area contributed by atoms with Gasteiger partial charge in [-0.15, -0.1) is 0 Å². The average molecular weight is 245 g/mol. The van der Waals surface area contributed by atoms with Crippen LogP contribution >= 0.6 is 23.8 Å². The fourth-order valence-electron chi connectivity index (χ4n) is 1.01. The molecule has 0 aliphatic rings. The molecular formula is C9H9ClN2O2S. The highest BCUT2D eigenvalue weighted by Crippen LogP contribution is 2.26. The van der Waals surface area contributed by atoms with Crippen LogP contribution in [-0.2, 0) is 4.79 Å². The molecule has 0 unspecified atom stereocenters. The number of nitrogens with two attached hydrogens (primary N) is 2. The smallest absolute Gasteiger partial charge is 0.255 e. The van der Waals surface area contributed by atoms with E-state index in [-0.39, 0.29) is 11.6 Å². The summed E-state index contributed by atoms with van der Waals surface area (Å²) < 4.78 is 5.11. The quantitative estimate of drug-likeness (QED) is 0.770. The summed E-state index contributed by atoms with van der Waals surface area (Å²) in [6.07, 6.45) is 0. The molecule has 0 spiro atoms. The third kappa shape index (κ3) is 3.07. The number of halogens is 1. The average Bonchev–Trinajstić information content (AvgIpc) is 2.13. The van der Waals surface area contributed by atoms with E-state index in [1.807, 2.05) is 0 Å². The van der Waals surface area contributed by atoms with Crippen LogP contribution in [0.5, 0.6) is 5.75 Å². The fraction of sp³-hybridized carbons (Fsp3) is 0.111. The summed E-state index contributed by atoms with van der Waals surface area (Å²) in [7, 11) is 0. The van der Waals surface area contributed by atoms with Gasteiger partial charge >= 0.3 is 0 Å². The third-order valence-electron chi connectivity index (χ3n) is 1.59. The molecule has 6 heteroatoms. The minimum Gasteiger partial charge on any atom is -0.483 e. The number of benzene rings is 1. The van der Waals surface area contributed by atoms with E-state index in [1.54, 1.807) is 18.2 Å². The maximum atomic E-state index is 10.5. The van der Waals surface area contributed by atoms with Crippen LogP contribution in [0, 0.1) is 0 Å². The molecule has 4 N–H and O–H groups in total. The van der Waals surface area contributed by atoms with E-state index in [2.05, 4.69) is 0 Å². The van der Waals surface area contributed by atoms with Gasteiger partial charge in [0.05, 0.1) is 10.6 Å². The van der Waals surface area contributed by atoms with E-state index in [0.29, 0.717) is 16.3 Å². The van der Waals surface area contributed by atoms with Gasteiger partial charge < -0.3 is 16.2 Å². The minimum absolute atomic E-state index is 0.111. The van der Waals surface area contributed by atoms with Gasteiger partial charge in [0.25, 0.3) is 5.91 Å². The molecule has 80 valence electrons. The van der Waals surface area contributed by atoms with Crippen molar-refractivity contribution in [3.05, 3.63) is 28.8 Å². The van der Waals surface area contributed by atoms with Crippen LogP contribution in [0.2, 0.25) is 5.02 Å². The van der Waals surface area contributed by atoms with E-state index < -0.39 is 5.91 Å². The van der Waals surface area contributed by atoms with Crippen LogP contribution in [0.3, 0.4) is 0 Å². The van der Waals surface area contributed by atoms with Gasteiger partial charge in [-0.2, -0.15) is 0 Å². The second-order valence-corrected chi connectivity index (χ2v) is 3.58. The zero-order valence-electron chi connectivity index (χ0n) is 7.70. The first-order valence-corrected chi connectivity index (χ1v) is 4.80. The molecule has 1 aromatic carbocycles. The number of ether oxygens (including phenoxy) is 1. The van der Waals surface area contributed by atoms with Crippen molar-refractivity contribution in [2.24, 2.45) is 11.5 Å². The van der Waals surface area contributed by atoms with Crippen LogP contribution < -0.4 is 16.2 Å². The summed E-state index contributed by atoms with van der Waals surface area (Å²) in [5.41, 5.74) is 10.8. The predicted octanol–water partition coefficient (Wildman–Crippen LogP) is 0.838. The van der Waals surface area contributed by atoms with Gasteiger partial charge in [-0.3, -0.25) is 4.79 Å².